The number of H-pyrrole nitrogens is 1. The number of aromatic nitrogens is 5. The fourth-order valence-electron chi connectivity index (χ4n) is 5.84. The Morgan fingerprint density at radius 3 is 2.75 bits per heavy atom. The number of hydrogen-bond donors (Lipinski definition) is 1. The number of tetrazole rings is 1. The molecule has 0 spiro atoms. The molecule has 3 aromatic rings. The summed E-state index contributed by atoms with van der Waals surface area (Å²) in [6.45, 7) is 9.00. The second-order valence-electron chi connectivity index (χ2n) is 10.5. The smallest absolute Gasteiger partial charge is 0.252 e. The number of nitrogens with zero attached hydrogens (tertiary/aromatic N) is 5. The van der Waals surface area contributed by atoms with E-state index in [1.165, 1.54) is 12.8 Å². The van der Waals surface area contributed by atoms with Gasteiger partial charge in [-0.3, -0.25) is 9.69 Å². The third kappa shape index (κ3) is 5.32. The topological polar surface area (TPSA) is 98.2 Å². The van der Waals surface area contributed by atoms with E-state index in [9.17, 15) is 4.79 Å². The van der Waals surface area contributed by atoms with Crippen molar-refractivity contribution < 1.29 is 9.47 Å². The average molecular weight is 495 g/mol. The first-order valence-electron chi connectivity index (χ1n) is 13.5. The van der Waals surface area contributed by atoms with Crippen LogP contribution in [0.15, 0.2) is 29.1 Å². The summed E-state index contributed by atoms with van der Waals surface area (Å²) in [5.41, 5.74) is 1.46. The highest BCUT2D eigenvalue weighted by Gasteiger charge is 2.34. The van der Waals surface area contributed by atoms with Crippen LogP contribution in [0.25, 0.3) is 10.9 Å². The largest absolute Gasteiger partial charge is 0.494 e. The van der Waals surface area contributed by atoms with Crippen LogP contribution in [-0.4, -0.2) is 56.0 Å². The summed E-state index contributed by atoms with van der Waals surface area (Å²) in [6.07, 6.45) is 6.90. The monoisotopic (exact) mass is 494 g/mol. The Morgan fingerprint density at radius 1 is 1.19 bits per heavy atom. The van der Waals surface area contributed by atoms with E-state index in [4.69, 9.17) is 9.47 Å². The summed E-state index contributed by atoms with van der Waals surface area (Å²) in [7, 11) is 0. The molecule has 3 heterocycles. The van der Waals surface area contributed by atoms with Crippen molar-refractivity contribution in [2.24, 2.45) is 5.92 Å². The van der Waals surface area contributed by atoms with Crippen molar-refractivity contribution >= 4 is 10.9 Å². The third-order valence-electron chi connectivity index (χ3n) is 7.52. The maximum atomic E-state index is 13.2. The molecule has 2 fully saturated rings. The lowest BCUT2D eigenvalue weighted by molar-refractivity contribution is 0.0379. The number of pyridine rings is 1. The van der Waals surface area contributed by atoms with Crippen LogP contribution >= 0.6 is 0 Å². The summed E-state index contributed by atoms with van der Waals surface area (Å²) >= 11 is 0. The van der Waals surface area contributed by atoms with E-state index in [2.05, 4.69) is 43.9 Å². The zero-order valence-electron chi connectivity index (χ0n) is 21.7. The van der Waals surface area contributed by atoms with Crippen LogP contribution in [0.3, 0.4) is 0 Å². The number of aromatic amines is 1. The summed E-state index contributed by atoms with van der Waals surface area (Å²) in [5, 5.41) is 14.0. The Labute approximate surface area is 212 Å². The number of hydrogen-bond acceptors (Lipinski definition) is 7. The van der Waals surface area contributed by atoms with Crippen LogP contribution < -0.4 is 10.3 Å². The van der Waals surface area contributed by atoms with Crippen LogP contribution in [0, 0.1) is 5.92 Å². The van der Waals surface area contributed by atoms with E-state index in [0.29, 0.717) is 19.2 Å². The van der Waals surface area contributed by atoms with Gasteiger partial charge >= 0.3 is 0 Å². The second kappa shape index (κ2) is 11.1. The van der Waals surface area contributed by atoms with Gasteiger partial charge in [-0.05, 0) is 73.2 Å². The molecule has 0 amide bonds. The van der Waals surface area contributed by atoms with E-state index in [1.807, 2.05) is 31.2 Å². The molecule has 2 aromatic heterocycles. The van der Waals surface area contributed by atoms with Gasteiger partial charge in [-0.2, -0.15) is 0 Å². The van der Waals surface area contributed by atoms with Crippen LogP contribution in [-0.2, 0) is 11.3 Å². The van der Waals surface area contributed by atoms with E-state index in [1.54, 1.807) is 0 Å². The fraction of sp³-hybridized carbons (Fsp3) is 0.630. The fourth-order valence-corrected chi connectivity index (χ4v) is 5.84. The number of nitrogens with one attached hydrogen (secondary N) is 1. The lowest BCUT2D eigenvalue weighted by atomic mass is 9.99. The highest BCUT2D eigenvalue weighted by molar-refractivity contribution is 5.80. The van der Waals surface area contributed by atoms with Gasteiger partial charge in [0.1, 0.15) is 5.75 Å². The van der Waals surface area contributed by atoms with Crippen molar-refractivity contribution in [2.75, 3.05) is 19.8 Å². The molecular formula is C27H38N6O3. The minimum absolute atomic E-state index is 0.0327. The Kier molecular flexibility index (Phi) is 7.67. The molecule has 36 heavy (non-hydrogen) atoms. The van der Waals surface area contributed by atoms with E-state index in [0.717, 1.165) is 66.9 Å². The van der Waals surface area contributed by atoms with E-state index in [-0.39, 0.29) is 23.6 Å². The van der Waals surface area contributed by atoms with Gasteiger partial charge in [-0.15, -0.1) is 5.10 Å². The minimum Gasteiger partial charge on any atom is -0.494 e. The molecule has 9 nitrogen and oxygen atoms in total. The molecular weight excluding hydrogens is 456 g/mol. The maximum absolute atomic E-state index is 13.2. The van der Waals surface area contributed by atoms with Crippen LogP contribution in [0.5, 0.6) is 5.75 Å². The molecule has 1 aliphatic heterocycles. The minimum atomic E-state index is -0.0677. The quantitative estimate of drug-likeness (QED) is 0.446. The Hall–Kier alpha value is -2.78. The molecule has 2 unspecified atom stereocenters. The highest BCUT2D eigenvalue weighted by Crippen LogP contribution is 2.35. The molecule has 1 aromatic carbocycles. The van der Waals surface area contributed by atoms with Gasteiger partial charge in [0.15, 0.2) is 5.82 Å². The molecule has 5 rings (SSSR count). The number of rotatable bonds is 10. The molecule has 1 aliphatic carbocycles. The van der Waals surface area contributed by atoms with Gasteiger partial charge < -0.3 is 14.5 Å². The van der Waals surface area contributed by atoms with Crippen LogP contribution in [0.4, 0.5) is 0 Å². The molecule has 9 heteroatoms. The first-order valence-corrected chi connectivity index (χ1v) is 13.5. The first kappa shape index (κ1) is 24.9. The Morgan fingerprint density at radius 2 is 2.03 bits per heavy atom. The predicted molar refractivity (Wildman–Crippen MR) is 138 cm³/mol. The van der Waals surface area contributed by atoms with Gasteiger partial charge in [0.05, 0.1) is 24.8 Å². The van der Waals surface area contributed by atoms with Crippen LogP contribution in [0.2, 0.25) is 0 Å². The molecule has 0 bridgehead atoms. The molecule has 1 saturated heterocycles. The third-order valence-corrected chi connectivity index (χ3v) is 7.52. The molecule has 1 N–H and O–H groups in total. The summed E-state index contributed by atoms with van der Waals surface area (Å²) < 4.78 is 13.8. The van der Waals surface area contributed by atoms with Crippen molar-refractivity contribution in [2.45, 2.75) is 84.0 Å². The van der Waals surface area contributed by atoms with Crippen molar-refractivity contribution in [1.82, 2.24) is 30.1 Å². The van der Waals surface area contributed by atoms with Crippen molar-refractivity contribution in [1.29, 1.82) is 0 Å². The molecule has 0 radical (unpaired) electrons. The van der Waals surface area contributed by atoms with Crippen molar-refractivity contribution in [3.8, 4) is 5.75 Å². The molecule has 2 atom stereocenters. The van der Waals surface area contributed by atoms with Gasteiger partial charge in [-0.1, -0.05) is 26.7 Å². The number of ether oxygens (including phenoxy) is 2. The van der Waals surface area contributed by atoms with E-state index < -0.39 is 0 Å². The Balaban J connectivity index is 1.51. The SMILES string of the molecule is CCOc1ccc2[nH]c(=O)c(CN(CC3CCCO3)C(c3nnnn3C3CCCC3)C(C)C)cc2c1. The van der Waals surface area contributed by atoms with E-state index >= 15 is 0 Å². The first-order chi connectivity index (χ1) is 17.5. The maximum Gasteiger partial charge on any atom is 0.252 e. The standard InChI is InChI=1S/C27H38N6O3/c1-4-35-22-11-12-24-19(15-22)14-20(27(34)28-24)16-32(17-23-10-7-13-36-23)25(18(2)3)26-29-30-31-33(26)21-8-5-6-9-21/h11-12,14-15,18,21,23,25H,4-10,13,16-17H2,1-3H3,(H,28,34). The average Bonchev–Trinajstić information content (AvgIpc) is 3.63. The summed E-state index contributed by atoms with van der Waals surface area (Å²) in [6, 6.07) is 8.10. The van der Waals surface area contributed by atoms with Gasteiger partial charge in [0.2, 0.25) is 0 Å². The normalized spacial score (nSPS) is 19.6. The van der Waals surface area contributed by atoms with Gasteiger partial charge in [0.25, 0.3) is 5.56 Å². The number of benzene rings is 1. The molecule has 1 saturated carbocycles. The van der Waals surface area contributed by atoms with Gasteiger partial charge in [-0.25, -0.2) is 4.68 Å². The number of fused-ring (bicyclic) bond motifs is 1. The molecule has 194 valence electrons. The zero-order valence-corrected chi connectivity index (χ0v) is 21.7. The van der Waals surface area contributed by atoms with Crippen molar-refractivity contribution in [3.05, 3.63) is 46.0 Å². The highest BCUT2D eigenvalue weighted by atomic mass is 16.5. The zero-order chi connectivity index (χ0) is 25.1. The van der Waals surface area contributed by atoms with Crippen molar-refractivity contribution in [3.63, 3.8) is 0 Å². The lowest BCUT2D eigenvalue weighted by Gasteiger charge is -2.35. The summed E-state index contributed by atoms with van der Waals surface area (Å²) in [4.78, 5) is 18.6. The second-order valence-corrected chi connectivity index (χ2v) is 10.5. The molecule has 2 aliphatic rings. The van der Waals surface area contributed by atoms with Crippen LogP contribution in [0.1, 0.15) is 82.8 Å². The summed E-state index contributed by atoms with van der Waals surface area (Å²) in [5.74, 6) is 1.95. The predicted octanol–water partition coefficient (Wildman–Crippen LogP) is 4.41. The van der Waals surface area contributed by atoms with Gasteiger partial charge in [0, 0.05) is 36.2 Å². The lowest BCUT2D eigenvalue weighted by Crippen LogP contribution is -2.40. The Bertz CT molecular complexity index is 1210.